The van der Waals surface area contributed by atoms with Crippen LogP contribution in [-0.2, 0) is 0 Å². The molecule has 0 nitrogen and oxygen atoms in total. The lowest BCUT2D eigenvalue weighted by Crippen LogP contribution is -2.17. The van der Waals surface area contributed by atoms with Crippen LogP contribution in [0.1, 0.15) is 43.3 Å². The molecule has 1 aliphatic rings. The Morgan fingerprint density at radius 2 is 1.18 bits per heavy atom. The quantitative estimate of drug-likeness (QED) is 0.616. The summed E-state index contributed by atoms with van der Waals surface area (Å²) in [6.45, 7) is 0.530. The van der Waals surface area contributed by atoms with Crippen molar-refractivity contribution < 1.29 is 5.48 Å². The summed E-state index contributed by atoms with van der Waals surface area (Å²) in [6, 6.07) is 20.1. The zero-order chi connectivity index (χ0) is 18.5. The molecule has 0 N–H and O–H groups in total. The van der Waals surface area contributed by atoms with E-state index in [1.165, 1.54) is 0 Å². The van der Waals surface area contributed by atoms with Crippen LogP contribution in [-0.4, -0.2) is 0 Å². The first-order valence-corrected chi connectivity index (χ1v) is 7.74. The maximum atomic E-state index is 8.74. The molecule has 22 heavy (non-hydrogen) atoms. The van der Waals surface area contributed by atoms with E-state index in [2.05, 4.69) is 0 Å². The van der Waals surface area contributed by atoms with Crippen LogP contribution in [0.2, 0.25) is 0 Å². The van der Waals surface area contributed by atoms with Crippen molar-refractivity contribution in [3.63, 3.8) is 0 Å². The van der Waals surface area contributed by atoms with Crippen molar-refractivity contribution in [3.8, 4) is 0 Å². The van der Waals surface area contributed by atoms with Gasteiger partial charge in [-0.25, -0.2) is 0 Å². The van der Waals surface area contributed by atoms with Crippen LogP contribution in [0.5, 0.6) is 0 Å². The van der Waals surface area contributed by atoms with Crippen molar-refractivity contribution >= 4 is 12.1 Å². The van der Waals surface area contributed by atoms with E-state index in [0.717, 1.165) is 22.3 Å². The largest absolute Gasteiger partial charge is 0.0632 e. The molecule has 0 amide bonds. The number of allylic oxidation sites excluding steroid dienone is 2. The van der Waals surface area contributed by atoms with Gasteiger partial charge >= 0.3 is 0 Å². The molecule has 0 radical (unpaired) electrons. The number of rotatable bonds is 2. The first-order chi connectivity index (χ1) is 12.7. The molecular formula is C22H24. The van der Waals surface area contributed by atoms with Gasteiger partial charge in [0, 0.05) is 2.74 Å². The Morgan fingerprint density at radius 3 is 1.55 bits per heavy atom. The third kappa shape index (κ3) is 3.57. The average molecular weight is 292 g/mol. The second-order valence-electron chi connectivity index (χ2n) is 5.87. The zero-order valence-electron chi connectivity index (χ0n) is 16.8. The van der Waals surface area contributed by atoms with Crippen LogP contribution >= 0.6 is 0 Å². The van der Waals surface area contributed by atoms with Crippen LogP contribution < -0.4 is 0 Å². The topological polar surface area (TPSA) is 0 Å². The van der Waals surface area contributed by atoms with Gasteiger partial charge in [-0.2, -0.15) is 0 Å². The van der Waals surface area contributed by atoms with E-state index in [9.17, 15) is 0 Å². The second kappa shape index (κ2) is 6.79. The summed E-state index contributed by atoms with van der Waals surface area (Å²) in [5.41, 5.74) is 3.42. The summed E-state index contributed by atoms with van der Waals surface area (Å²) in [5.74, 6) is 0.165. The molecule has 3 rings (SSSR count). The maximum Gasteiger partial charge on any atom is 0.0632 e. The Morgan fingerprint density at radius 1 is 0.773 bits per heavy atom. The molecule has 0 bridgehead atoms. The van der Waals surface area contributed by atoms with Gasteiger partial charge in [-0.15, -0.1) is 0 Å². The highest BCUT2D eigenvalue weighted by atomic mass is 14.3. The van der Waals surface area contributed by atoms with Gasteiger partial charge in [-0.05, 0) is 47.0 Å². The Kier molecular flexibility index (Phi) is 3.27. The van der Waals surface area contributed by atoms with Crippen LogP contribution in [0, 0.1) is 11.8 Å². The van der Waals surface area contributed by atoms with Crippen LogP contribution in [0.15, 0.2) is 71.8 Å². The van der Waals surface area contributed by atoms with Gasteiger partial charge in [-0.1, -0.05) is 86.6 Å². The molecule has 1 saturated carbocycles. The molecule has 2 aromatic carbocycles. The monoisotopic (exact) mass is 292 g/mol. The highest BCUT2D eigenvalue weighted by molar-refractivity contribution is 5.66. The molecule has 0 heteroatoms. The van der Waals surface area contributed by atoms with E-state index in [-0.39, 0.29) is 25.6 Å². The minimum atomic E-state index is 0.0823. The molecule has 0 aromatic heterocycles. The molecule has 0 saturated heterocycles. The number of benzene rings is 2. The molecule has 1 fully saturated rings. The lowest BCUT2D eigenvalue weighted by atomic mass is 9.75. The Bertz CT molecular complexity index is 724. The predicted molar refractivity (Wildman–Crippen MR) is 96.4 cm³/mol. The maximum absolute atomic E-state index is 8.74. The minimum Gasteiger partial charge on any atom is -0.0622 e. The summed E-state index contributed by atoms with van der Waals surface area (Å²) < 4.78 is 33.2. The van der Waals surface area contributed by atoms with Gasteiger partial charge in [0.15, 0.2) is 0 Å². The van der Waals surface area contributed by atoms with Crippen LogP contribution in [0.4, 0.5) is 0 Å². The minimum absolute atomic E-state index is 0.0823. The fraction of sp³-hybridized carbons (Fsp3) is 0.273. The lowest BCUT2D eigenvalue weighted by molar-refractivity contribution is 0.361. The molecule has 0 heterocycles. The van der Waals surface area contributed by atoms with Gasteiger partial charge in [0.05, 0.1) is 2.74 Å². The highest BCUT2D eigenvalue weighted by Crippen LogP contribution is 2.38. The number of hydrogen-bond acceptors (Lipinski definition) is 0. The molecular weight excluding hydrogens is 264 g/mol. The van der Waals surface area contributed by atoms with E-state index in [4.69, 9.17) is 5.48 Å². The first-order valence-electron chi connectivity index (χ1n) is 10.2. The molecule has 2 unspecified atom stereocenters. The summed E-state index contributed by atoms with van der Waals surface area (Å²) in [4.78, 5) is 0. The van der Waals surface area contributed by atoms with E-state index >= 15 is 0 Å². The van der Waals surface area contributed by atoms with Crippen molar-refractivity contribution in [1.29, 1.82) is 0 Å². The molecule has 0 spiro atoms. The predicted octanol–water partition coefficient (Wildman–Crippen LogP) is 6.22. The second-order valence-corrected chi connectivity index (χ2v) is 5.87. The fourth-order valence-electron chi connectivity index (χ4n) is 2.75. The summed E-state index contributed by atoms with van der Waals surface area (Å²) in [7, 11) is 0. The lowest BCUT2D eigenvalue weighted by Gasteiger charge is -2.30. The van der Waals surface area contributed by atoms with E-state index in [1.807, 2.05) is 60.7 Å². The van der Waals surface area contributed by atoms with E-state index in [0.29, 0.717) is 24.9 Å². The van der Waals surface area contributed by atoms with Crippen molar-refractivity contribution in [2.75, 3.05) is 0 Å². The first kappa shape index (κ1) is 10.6. The molecule has 0 aliphatic heterocycles. The van der Waals surface area contributed by atoms with Gasteiger partial charge in [0.25, 0.3) is 0 Å². The van der Waals surface area contributed by atoms with E-state index < -0.39 is 0 Å². The third-order valence-corrected chi connectivity index (χ3v) is 4.10. The smallest absolute Gasteiger partial charge is 0.0622 e. The summed E-state index contributed by atoms with van der Waals surface area (Å²) in [6.07, 6.45) is 1.21. The Labute approximate surface area is 139 Å². The van der Waals surface area contributed by atoms with Crippen molar-refractivity contribution in [1.82, 2.24) is 0 Å². The Hall–Kier alpha value is -2.08. The SMILES string of the molecule is [2H]CC1CC(=C([2H])c2ccccc2)C(=C([2H])c2ccccc2)CC1C[2H]. The zero-order valence-corrected chi connectivity index (χ0v) is 12.8. The van der Waals surface area contributed by atoms with Crippen molar-refractivity contribution in [2.45, 2.75) is 26.6 Å². The van der Waals surface area contributed by atoms with Gasteiger partial charge < -0.3 is 0 Å². The summed E-state index contributed by atoms with van der Waals surface area (Å²) in [5, 5.41) is 0. The number of hydrogen-bond donors (Lipinski definition) is 0. The van der Waals surface area contributed by atoms with Crippen LogP contribution in [0.25, 0.3) is 12.1 Å². The van der Waals surface area contributed by atoms with Gasteiger partial charge in [0.1, 0.15) is 0 Å². The van der Waals surface area contributed by atoms with Gasteiger partial charge in [0.2, 0.25) is 0 Å². The van der Waals surface area contributed by atoms with Crippen molar-refractivity contribution in [2.24, 2.45) is 11.8 Å². The third-order valence-electron chi connectivity index (χ3n) is 4.10. The Balaban J connectivity index is 2.14. The molecule has 2 atom stereocenters. The molecule has 1 aliphatic carbocycles. The highest BCUT2D eigenvalue weighted by Gasteiger charge is 2.23. The van der Waals surface area contributed by atoms with E-state index in [1.54, 1.807) is 0 Å². The van der Waals surface area contributed by atoms with Gasteiger partial charge in [-0.3, -0.25) is 0 Å². The molecule has 112 valence electrons. The average Bonchev–Trinajstić information content (AvgIpc) is 2.73. The fourth-order valence-corrected chi connectivity index (χ4v) is 2.75. The van der Waals surface area contributed by atoms with Crippen LogP contribution in [0.3, 0.4) is 0 Å². The standard InChI is InChI=1S/C22H24/c1-17-13-21(15-19-9-5-3-6-10-19)22(14-18(17)2)16-20-11-7-4-8-12-20/h3-12,15-18H,13-14H2,1-2H3/i1D,2D,15D,16D. The summed E-state index contributed by atoms with van der Waals surface area (Å²) >= 11 is 0. The normalized spacial score (nSPS) is 28.9. The van der Waals surface area contributed by atoms with Crippen molar-refractivity contribution in [3.05, 3.63) is 82.9 Å². The molecule has 2 aromatic rings.